The van der Waals surface area contributed by atoms with Crippen molar-refractivity contribution in [3.8, 4) is 5.75 Å². The van der Waals surface area contributed by atoms with Gasteiger partial charge < -0.3 is 9.84 Å². The standard InChI is InChI=1S/C26H17F4NO2/c27-22-12-16-7-9-18(31-23(16)13-21(22)26(28,29)30)8-5-15-6-10-24-20(11-15)25(32)19-4-2-1-3-17(19)14-33-24/h1-13,25,32H,14H2/b8-5+. The van der Waals surface area contributed by atoms with Crippen LogP contribution in [0.1, 0.15) is 39.6 Å². The first-order valence-corrected chi connectivity index (χ1v) is 10.2. The lowest BCUT2D eigenvalue weighted by Crippen LogP contribution is -2.08. The Morgan fingerprint density at radius 3 is 2.58 bits per heavy atom. The molecule has 7 heteroatoms. The largest absolute Gasteiger partial charge is 0.488 e. The first-order chi connectivity index (χ1) is 15.8. The van der Waals surface area contributed by atoms with Crippen molar-refractivity contribution in [2.75, 3.05) is 0 Å². The summed E-state index contributed by atoms with van der Waals surface area (Å²) in [7, 11) is 0. The van der Waals surface area contributed by atoms with Gasteiger partial charge in [0.05, 0.1) is 16.8 Å². The van der Waals surface area contributed by atoms with Crippen molar-refractivity contribution in [2.45, 2.75) is 18.9 Å². The molecule has 4 aromatic rings. The molecule has 1 N–H and O–H groups in total. The summed E-state index contributed by atoms with van der Waals surface area (Å²) in [5, 5.41) is 11.2. The first kappa shape index (κ1) is 21.2. The summed E-state index contributed by atoms with van der Waals surface area (Å²) in [6, 6.07) is 17.6. The van der Waals surface area contributed by atoms with Gasteiger partial charge in [-0.3, -0.25) is 0 Å². The molecule has 166 valence electrons. The van der Waals surface area contributed by atoms with E-state index in [0.717, 1.165) is 28.8 Å². The average molecular weight is 451 g/mol. The Labute approximate surface area is 186 Å². The number of benzene rings is 3. The molecule has 0 radical (unpaired) electrons. The highest BCUT2D eigenvalue weighted by atomic mass is 19.4. The van der Waals surface area contributed by atoms with Gasteiger partial charge in [0, 0.05) is 10.9 Å². The van der Waals surface area contributed by atoms with Crippen LogP contribution in [0.4, 0.5) is 17.6 Å². The van der Waals surface area contributed by atoms with Gasteiger partial charge in [-0.2, -0.15) is 13.2 Å². The highest BCUT2D eigenvalue weighted by molar-refractivity contribution is 5.82. The van der Waals surface area contributed by atoms with Crippen LogP contribution in [0.5, 0.6) is 5.75 Å². The van der Waals surface area contributed by atoms with Crippen LogP contribution >= 0.6 is 0 Å². The lowest BCUT2D eigenvalue weighted by atomic mass is 9.96. The fourth-order valence-electron chi connectivity index (χ4n) is 3.92. The lowest BCUT2D eigenvalue weighted by molar-refractivity contribution is -0.139. The van der Waals surface area contributed by atoms with Gasteiger partial charge in [-0.15, -0.1) is 0 Å². The zero-order valence-electron chi connectivity index (χ0n) is 17.1. The molecule has 0 saturated heterocycles. The third-order valence-electron chi connectivity index (χ3n) is 5.61. The van der Waals surface area contributed by atoms with Crippen LogP contribution < -0.4 is 4.74 Å². The topological polar surface area (TPSA) is 42.4 Å². The van der Waals surface area contributed by atoms with Crippen molar-refractivity contribution < 1.29 is 27.4 Å². The molecule has 0 aliphatic carbocycles. The fraction of sp³-hybridized carbons (Fsp3) is 0.115. The molecule has 0 saturated carbocycles. The van der Waals surface area contributed by atoms with E-state index in [1.165, 1.54) is 6.07 Å². The Bertz CT molecular complexity index is 1400. The van der Waals surface area contributed by atoms with Gasteiger partial charge in [-0.05, 0) is 53.1 Å². The van der Waals surface area contributed by atoms with Gasteiger partial charge in [-0.25, -0.2) is 9.37 Å². The Morgan fingerprint density at radius 1 is 0.939 bits per heavy atom. The summed E-state index contributed by atoms with van der Waals surface area (Å²) in [4.78, 5) is 4.23. The zero-order valence-corrected chi connectivity index (χ0v) is 17.1. The van der Waals surface area contributed by atoms with Crippen molar-refractivity contribution in [1.29, 1.82) is 0 Å². The summed E-state index contributed by atoms with van der Waals surface area (Å²) in [6.07, 6.45) is -2.25. The summed E-state index contributed by atoms with van der Waals surface area (Å²) in [5.41, 5.74) is 2.19. The number of pyridine rings is 1. The van der Waals surface area contributed by atoms with E-state index in [0.29, 0.717) is 23.6 Å². The summed E-state index contributed by atoms with van der Waals surface area (Å²) in [5.74, 6) is -0.742. The Morgan fingerprint density at radius 2 is 1.76 bits per heavy atom. The molecular formula is C26H17F4NO2. The first-order valence-electron chi connectivity index (χ1n) is 10.2. The number of aromatic nitrogens is 1. The maximum Gasteiger partial charge on any atom is 0.419 e. The molecule has 1 aliphatic rings. The maximum atomic E-state index is 13.8. The second-order valence-electron chi connectivity index (χ2n) is 7.78. The predicted octanol–water partition coefficient (Wildman–Crippen LogP) is 6.54. The van der Waals surface area contributed by atoms with E-state index < -0.39 is 23.7 Å². The average Bonchev–Trinajstić information content (AvgIpc) is 2.93. The van der Waals surface area contributed by atoms with Crippen LogP contribution in [-0.4, -0.2) is 10.1 Å². The molecule has 1 unspecified atom stereocenters. The minimum Gasteiger partial charge on any atom is -0.488 e. The van der Waals surface area contributed by atoms with Crippen LogP contribution in [0.3, 0.4) is 0 Å². The molecule has 2 heterocycles. The summed E-state index contributed by atoms with van der Waals surface area (Å²) in [6.45, 7) is 0.358. The van der Waals surface area contributed by atoms with E-state index in [2.05, 4.69) is 4.98 Å². The Kier molecular flexibility index (Phi) is 5.13. The van der Waals surface area contributed by atoms with Crippen molar-refractivity contribution in [1.82, 2.24) is 4.98 Å². The van der Waals surface area contributed by atoms with Crippen LogP contribution in [0.25, 0.3) is 23.1 Å². The van der Waals surface area contributed by atoms with Gasteiger partial charge in [0.25, 0.3) is 0 Å². The van der Waals surface area contributed by atoms with E-state index in [4.69, 9.17) is 4.74 Å². The Hall–Kier alpha value is -3.71. The van der Waals surface area contributed by atoms with Crippen LogP contribution in [0.2, 0.25) is 0 Å². The second-order valence-corrected chi connectivity index (χ2v) is 7.78. The zero-order chi connectivity index (χ0) is 23.2. The Balaban J connectivity index is 1.47. The van der Waals surface area contributed by atoms with Crippen LogP contribution in [0.15, 0.2) is 66.7 Å². The summed E-state index contributed by atoms with van der Waals surface area (Å²) < 4.78 is 58.7. The van der Waals surface area contributed by atoms with Crippen molar-refractivity contribution >= 4 is 23.1 Å². The van der Waals surface area contributed by atoms with Crippen LogP contribution in [-0.2, 0) is 12.8 Å². The van der Waals surface area contributed by atoms with Crippen molar-refractivity contribution in [2.24, 2.45) is 0 Å². The number of halogens is 4. The molecule has 1 atom stereocenters. The van der Waals surface area contributed by atoms with Crippen molar-refractivity contribution in [3.05, 3.63) is 106 Å². The summed E-state index contributed by atoms with van der Waals surface area (Å²) >= 11 is 0. The molecule has 0 bridgehead atoms. The number of alkyl halides is 3. The number of aliphatic hydroxyl groups is 1. The minimum absolute atomic E-state index is 0.0493. The molecule has 3 nitrogen and oxygen atoms in total. The number of hydrogen-bond acceptors (Lipinski definition) is 3. The number of fused-ring (bicyclic) bond motifs is 3. The van der Waals surface area contributed by atoms with Crippen LogP contribution in [0, 0.1) is 5.82 Å². The molecular weight excluding hydrogens is 434 g/mol. The van der Waals surface area contributed by atoms with E-state index in [-0.39, 0.29) is 10.9 Å². The lowest BCUT2D eigenvalue weighted by Gasteiger charge is -2.13. The fourth-order valence-corrected chi connectivity index (χ4v) is 3.92. The van der Waals surface area contributed by atoms with Gasteiger partial charge >= 0.3 is 6.18 Å². The van der Waals surface area contributed by atoms with Gasteiger partial charge in [0.15, 0.2) is 0 Å². The molecule has 33 heavy (non-hydrogen) atoms. The molecule has 1 aromatic heterocycles. The highest BCUT2D eigenvalue weighted by Crippen LogP contribution is 2.37. The van der Waals surface area contributed by atoms with E-state index >= 15 is 0 Å². The highest BCUT2D eigenvalue weighted by Gasteiger charge is 2.34. The molecule has 0 amide bonds. The van der Waals surface area contributed by atoms with Gasteiger partial charge in [0.1, 0.15) is 24.3 Å². The number of rotatable bonds is 2. The number of ether oxygens (including phenoxy) is 1. The minimum atomic E-state index is -4.80. The maximum absolute atomic E-state index is 13.8. The number of hydrogen-bond donors (Lipinski definition) is 1. The normalized spacial score (nSPS) is 15.7. The molecule has 0 spiro atoms. The number of nitrogens with zero attached hydrogens (tertiary/aromatic N) is 1. The predicted molar refractivity (Wildman–Crippen MR) is 117 cm³/mol. The monoisotopic (exact) mass is 451 g/mol. The van der Waals surface area contributed by atoms with E-state index in [1.807, 2.05) is 30.3 Å². The SMILES string of the molecule is OC1c2ccccc2COc2ccc(/C=C/c3ccc4cc(F)c(C(F)(F)F)cc4n3)cc21. The molecule has 5 rings (SSSR count). The third-order valence-corrected chi connectivity index (χ3v) is 5.61. The van der Waals surface area contributed by atoms with Gasteiger partial charge in [-0.1, -0.05) is 42.5 Å². The molecule has 0 fully saturated rings. The van der Waals surface area contributed by atoms with Gasteiger partial charge in [0.2, 0.25) is 0 Å². The third kappa shape index (κ3) is 4.07. The van der Waals surface area contributed by atoms with Crippen molar-refractivity contribution in [3.63, 3.8) is 0 Å². The quantitative estimate of drug-likeness (QED) is 0.352. The number of aliphatic hydroxyl groups excluding tert-OH is 1. The second kappa shape index (κ2) is 8.01. The van der Waals surface area contributed by atoms with E-state index in [1.54, 1.807) is 30.4 Å². The molecule has 3 aromatic carbocycles. The smallest absolute Gasteiger partial charge is 0.419 e. The van der Waals surface area contributed by atoms with E-state index in [9.17, 15) is 22.7 Å². The molecule has 1 aliphatic heterocycles.